The van der Waals surface area contributed by atoms with Gasteiger partial charge in [-0.2, -0.15) is 0 Å². The Morgan fingerprint density at radius 2 is 0.620 bits per heavy atom. The van der Waals surface area contributed by atoms with Crippen LogP contribution in [0.15, 0.2) is 0 Å². The van der Waals surface area contributed by atoms with E-state index in [9.17, 15) is 19.4 Å². The molecular weight excluding hydrogens is 996 g/mol. The minimum atomic E-state index is -4.57. The van der Waals surface area contributed by atoms with Crippen molar-refractivity contribution < 1.29 is 32.9 Å². The number of quaternary nitrogens is 1. The first-order valence-electron chi connectivity index (χ1n) is 35.9. The van der Waals surface area contributed by atoms with Crippen molar-refractivity contribution in [3.8, 4) is 0 Å². The van der Waals surface area contributed by atoms with Crippen LogP contribution >= 0.6 is 7.82 Å². The van der Waals surface area contributed by atoms with Crippen molar-refractivity contribution in [1.29, 1.82) is 0 Å². The van der Waals surface area contributed by atoms with E-state index in [1.807, 2.05) is 21.1 Å². The molecular formula is C70H143N2O6P. The highest BCUT2D eigenvalue weighted by atomic mass is 31.2. The molecule has 0 aliphatic carbocycles. The average molecular weight is 1140 g/mol. The van der Waals surface area contributed by atoms with Gasteiger partial charge in [0.15, 0.2) is 0 Å². The standard InChI is InChI=1S/C70H143N2O6P/c1-6-8-10-12-14-16-18-20-22-24-26-27-28-29-30-31-32-33-34-35-36-37-38-39-40-41-42-43-44-45-46-48-50-52-54-56-58-60-62-64-70(74)71-68(67-78-79(75,76)77-66-65-72(3,4)5)69(73)63-61-59-57-55-53-51-49-47-25-23-21-19-17-15-13-11-9-7-2/h68-69,73H,6-67H2,1-5H3,(H-,71,74,75,76). The van der Waals surface area contributed by atoms with Crippen LogP contribution in [0.4, 0.5) is 0 Å². The number of amides is 1. The number of hydrogen-bond acceptors (Lipinski definition) is 6. The van der Waals surface area contributed by atoms with Gasteiger partial charge in [0.05, 0.1) is 39.9 Å². The first-order valence-corrected chi connectivity index (χ1v) is 37.3. The monoisotopic (exact) mass is 1140 g/mol. The maximum atomic E-state index is 13.0. The molecule has 0 rings (SSSR count). The number of carbonyl (C=O) groups is 1. The number of aliphatic hydroxyl groups excluding tert-OH is 1. The minimum Gasteiger partial charge on any atom is -0.756 e. The summed E-state index contributed by atoms with van der Waals surface area (Å²) >= 11 is 0. The number of nitrogens with one attached hydrogen (secondary N) is 1. The van der Waals surface area contributed by atoms with E-state index in [-0.39, 0.29) is 19.1 Å². The van der Waals surface area contributed by atoms with Crippen molar-refractivity contribution in [1.82, 2.24) is 5.32 Å². The summed E-state index contributed by atoms with van der Waals surface area (Å²) in [6, 6.07) is -0.796. The average Bonchev–Trinajstić information content (AvgIpc) is 3.42. The highest BCUT2D eigenvalue weighted by Gasteiger charge is 2.24. The maximum absolute atomic E-state index is 13.0. The molecule has 0 aromatic rings. The predicted octanol–water partition coefficient (Wildman–Crippen LogP) is 22.1. The number of aliphatic hydroxyl groups is 1. The fourth-order valence-corrected chi connectivity index (χ4v) is 12.2. The Labute approximate surface area is 495 Å². The number of unbranched alkanes of at least 4 members (excludes halogenated alkanes) is 55. The molecule has 9 heteroatoms. The second kappa shape index (κ2) is 62.0. The first kappa shape index (κ1) is 78.5. The number of hydrogen-bond donors (Lipinski definition) is 2. The van der Waals surface area contributed by atoms with Gasteiger partial charge in [0.2, 0.25) is 5.91 Å². The largest absolute Gasteiger partial charge is 0.756 e. The Balaban J connectivity index is 3.84. The van der Waals surface area contributed by atoms with Crippen molar-refractivity contribution in [3.05, 3.63) is 0 Å². The number of phosphoric acid groups is 1. The van der Waals surface area contributed by atoms with E-state index in [1.165, 1.54) is 327 Å². The lowest BCUT2D eigenvalue weighted by Gasteiger charge is -2.30. The summed E-state index contributed by atoms with van der Waals surface area (Å²) in [7, 11) is 1.33. The van der Waals surface area contributed by atoms with Crippen LogP contribution in [0, 0.1) is 0 Å². The highest BCUT2D eigenvalue weighted by molar-refractivity contribution is 7.45. The van der Waals surface area contributed by atoms with E-state index in [2.05, 4.69) is 19.2 Å². The van der Waals surface area contributed by atoms with E-state index < -0.39 is 20.0 Å². The summed E-state index contributed by atoms with van der Waals surface area (Å²) in [6.45, 7) is 4.79. The van der Waals surface area contributed by atoms with Crippen LogP contribution in [0.25, 0.3) is 0 Å². The molecule has 0 heterocycles. The first-order chi connectivity index (χ1) is 38.5. The molecule has 8 nitrogen and oxygen atoms in total. The van der Waals surface area contributed by atoms with Crippen LogP contribution in [-0.2, 0) is 18.4 Å². The van der Waals surface area contributed by atoms with Gasteiger partial charge in [0.1, 0.15) is 13.2 Å². The van der Waals surface area contributed by atoms with E-state index >= 15 is 0 Å². The molecule has 0 radical (unpaired) electrons. The van der Waals surface area contributed by atoms with Gasteiger partial charge in [-0.15, -0.1) is 0 Å². The Morgan fingerprint density at radius 1 is 0.392 bits per heavy atom. The molecule has 474 valence electrons. The molecule has 3 unspecified atom stereocenters. The molecule has 0 aliphatic rings. The molecule has 0 spiro atoms. The number of likely N-dealkylation sites (N-methyl/N-ethyl adjacent to an activating group) is 1. The topological polar surface area (TPSA) is 108 Å². The highest BCUT2D eigenvalue weighted by Crippen LogP contribution is 2.38. The van der Waals surface area contributed by atoms with Crippen LogP contribution < -0.4 is 10.2 Å². The molecule has 0 saturated heterocycles. The second-order valence-corrected chi connectivity index (χ2v) is 27.7. The molecule has 2 N–H and O–H groups in total. The van der Waals surface area contributed by atoms with Crippen LogP contribution in [0.3, 0.4) is 0 Å². The molecule has 0 aromatic heterocycles. The summed E-state index contributed by atoms with van der Waals surface area (Å²) in [5, 5.41) is 14.1. The zero-order chi connectivity index (χ0) is 57.7. The summed E-state index contributed by atoms with van der Waals surface area (Å²) in [4.78, 5) is 25.6. The van der Waals surface area contributed by atoms with Crippen molar-refractivity contribution >= 4 is 13.7 Å². The zero-order valence-electron chi connectivity index (χ0n) is 54.4. The second-order valence-electron chi connectivity index (χ2n) is 26.3. The van der Waals surface area contributed by atoms with Crippen molar-refractivity contribution in [2.45, 2.75) is 405 Å². The smallest absolute Gasteiger partial charge is 0.268 e. The van der Waals surface area contributed by atoms with Crippen LogP contribution in [0.1, 0.15) is 393 Å². The lowest BCUT2D eigenvalue weighted by Crippen LogP contribution is -2.46. The number of nitrogens with zero attached hydrogens (tertiary/aromatic N) is 1. The SMILES string of the molecule is CCCCCCCCCCCCCCCCCCCCCCCCCCCCCCCCCCCCCCCCCC(=O)NC(COP(=O)([O-])OCC[N+](C)(C)C)C(O)CCCCCCCCCCCCCCCCCCCC. The summed E-state index contributed by atoms with van der Waals surface area (Å²) in [5.74, 6) is -0.154. The van der Waals surface area contributed by atoms with Gasteiger partial charge >= 0.3 is 0 Å². The van der Waals surface area contributed by atoms with E-state index in [0.717, 1.165) is 38.5 Å². The zero-order valence-corrected chi connectivity index (χ0v) is 55.3. The third-order valence-corrected chi connectivity index (χ3v) is 18.1. The van der Waals surface area contributed by atoms with Crippen molar-refractivity contribution in [3.63, 3.8) is 0 Å². The fraction of sp³-hybridized carbons (Fsp3) is 0.986. The lowest BCUT2D eigenvalue weighted by atomic mass is 10.0. The fourth-order valence-electron chi connectivity index (χ4n) is 11.5. The molecule has 0 aliphatic heterocycles. The van der Waals surface area contributed by atoms with Gasteiger partial charge in [-0.3, -0.25) is 9.36 Å². The quantitative estimate of drug-likeness (QED) is 0.0357. The summed E-state index contributed by atoms with van der Waals surface area (Å²) in [5.41, 5.74) is 0. The van der Waals surface area contributed by atoms with Crippen LogP contribution in [0.5, 0.6) is 0 Å². The van der Waals surface area contributed by atoms with Gasteiger partial charge < -0.3 is 28.8 Å². The van der Waals surface area contributed by atoms with E-state index in [4.69, 9.17) is 9.05 Å². The number of rotatable bonds is 68. The van der Waals surface area contributed by atoms with Crippen molar-refractivity contribution in [2.75, 3.05) is 40.9 Å². The molecule has 0 aromatic carbocycles. The Morgan fingerprint density at radius 3 is 0.861 bits per heavy atom. The van der Waals surface area contributed by atoms with Crippen molar-refractivity contribution in [2.24, 2.45) is 0 Å². The van der Waals surface area contributed by atoms with Gasteiger partial charge in [0, 0.05) is 6.42 Å². The van der Waals surface area contributed by atoms with E-state index in [0.29, 0.717) is 23.9 Å². The number of phosphoric ester groups is 1. The summed E-state index contributed by atoms with van der Waals surface area (Å²) < 4.78 is 23.5. The van der Waals surface area contributed by atoms with Crippen LogP contribution in [-0.4, -0.2) is 68.5 Å². The van der Waals surface area contributed by atoms with Gasteiger partial charge in [0.25, 0.3) is 7.82 Å². The van der Waals surface area contributed by atoms with Gasteiger partial charge in [-0.25, -0.2) is 0 Å². The predicted molar refractivity (Wildman–Crippen MR) is 344 cm³/mol. The maximum Gasteiger partial charge on any atom is 0.268 e. The Hall–Kier alpha value is -0.500. The van der Waals surface area contributed by atoms with Gasteiger partial charge in [-0.1, -0.05) is 373 Å². The molecule has 3 atom stereocenters. The molecule has 0 fully saturated rings. The van der Waals surface area contributed by atoms with E-state index in [1.54, 1.807) is 0 Å². The minimum absolute atomic E-state index is 0.0168. The third-order valence-electron chi connectivity index (χ3n) is 17.1. The number of carbonyl (C=O) groups excluding carboxylic acids is 1. The Kier molecular flexibility index (Phi) is 61.7. The van der Waals surface area contributed by atoms with Crippen LogP contribution in [0.2, 0.25) is 0 Å². The molecule has 0 bridgehead atoms. The molecule has 1 amide bonds. The Bertz CT molecular complexity index is 1250. The lowest BCUT2D eigenvalue weighted by molar-refractivity contribution is -0.870. The molecule has 79 heavy (non-hydrogen) atoms. The third kappa shape index (κ3) is 64.9. The molecule has 0 saturated carbocycles. The van der Waals surface area contributed by atoms with Gasteiger partial charge in [-0.05, 0) is 12.8 Å². The summed E-state index contributed by atoms with van der Waals surface area (Å²) in [6.07, 6.45) is 77.8. The normalized spacial score (nSPS) is 13.6.